The van der Waals surface area contributed by atoms with Crippen LogP contribution in [-0.2, 0) is 12.0 Å². The minimum Gasteiger partial charge on any atom is -0.350 e. The maximum Gasteiger partial charge on any atom is 0.266 e. The number of hydrogen-bond donors (Lipinski definition) is 2. The number of rotatable bonds is 6. The number of nitrogens with zero attached hydrogens (tertiary/aromatic N) is 3. The largest absolute Gasteiger partial charge is 0.350 e. The fourth-order valence-corrected chi connectivity index (χ4v) is 3.68. The van der Waals surface area contributed by atoms with E-state index in [4.69, 9.17) is 0 Å². The first-order chi connectivity index (χ1) is 14.2. The Morgan fingerprint density at radius 2 is 1.97 bits per heavy atom. The van der Waals surface area contributed by atoms with Gasteiger partial charge in [-0.2, -0.15) is 5.10 Å². The van der Waals surface area contributed by atoms with Crippen LogP contribution in [0.1, 0.15) is 56.1 Å². The van der Waals surface area contributed by atoms with Crippen LogP contribution >= 0.6 is 0 Å². The molecular weight excluding hydrogens is 382 g/mol. The molecule has 1 aliphatic rings. The van der Waals surface area contributed by atoms with E-state index in [-0.39, 0.29) is 28.5 Å². The Morgan fingerprint density at radius 3 is 2.67 bits per heavy atom. The summed E-state index contributed by atoms with van der Waals surface area (Å²) in [4.78, 5) is 40.6. The maximum absolute atomic E-state index is 12.4. The average molecular weight is 414 g/mol. The normalized spacial score (nSPS) is 17.6. The number of carbonyl (C=O) groups is 1. The summed E-state index contributed by atoms with van der Waals surface area (Å²) in [5.74, 6) is -0.201. The van der Waals surface area contributed by atoms with Gasteiger partial charge in [-0.25, -0.2) is 4.68 Å². The highest BCUT2D eigenvalue weighted by atomic mass is 16.2. The Bertz CT molecular complexity index is 969. The molecule has 3 rings (SSSR count). The van der Waals surface area contributed by atoms with Crippen LogP contribution < -0.4 is 16.4 Å². The Labute approximate surface area is 176 Å². The molecule has 162 valence electrons. The van der Waals surface area contributed by atoms with Crippen molar-refractivity contribution in [3.05, 3.63) is 62.4 Å². The number of nitrogens with one attached hydrogen (secondary N) is 2. The summed E-state index contributed by atoms with van der Waals surface area (Å²) in [6, 6.07) is 6.47. The van der Waals surface area contributed by atoms with Gasteiger partial charge in [0, 0.05) is 42.9 Å². The van der Waals surface area contributed by atoms with Crippen molar-refractivity contribution in [3.8, 4) is 0 Å². The van der Waals surface area contributed by atoms with Gasteiger partial charge in [-0.3, -0.25) is 19.3 Å². The highest BCUT2D eigenvalue weighted by molar-refractivity contribution is 5.93. The number of carbonyl (C=O) groups excluding carboxylic acids is 1. The van der Waals surface area contributed by atoms with Crippen LogP contribution in [0.2, 0.25) is 0 Å². The molecule has 1 aliphatic heterocycles. The molecule has 0 aliphatic carbocycles. The summed E-state index contributed by atoms with van der Waals surface area (Å²) < 4.78 is 1.55. The number of pyridine rings is 1. The topological polar surface area (TPSA) is 100 Å². The molecule has 30 heavy (non-hydrogen) atoms. The molecule has 1 saturated heterocycles. The molecule has 0 saturated carbocycles. The lowest BCUT2D eigenvalue weighted by atomic mass is 9.92. The minimum absolute atomic E-state index is 0.0945. The van der Waals surface area contributed by atoms with Gasteiger partial charge in [0.15, 0.2) is 0 Å². The third-order valence-electron chi connectivity index (χ3n) is 5.53. The molecular formula is C22H31N5O3. The first-order valence-electron chi connectivity index (χ1n) is 10.5. The van der Waals surface area contributed by atoms with Gasteiger partial charge in [0.1, 0.15) is 0 Å². The standard InChI is InChI=1S/C22H31N5O3/c1-22(2,3)18-8-10-20(29)27(25-18)13-12-26-11-5-4-6-17(26)15-24-21(30)16-7-9-19(28)23-14-16/h7-10,14,17H,4-6,11-13,15H2,1-3H3,(H,23,28)(H,24,30). The molecule has 1 amide bonds. The number of piperidine rings is 1. The van der Waals surface area contributed by atoms with E-state index in [1.54, 1.807) is 16.8 Å². The van der Waals surface area contributed by atoms with Gasteiger partial charge in [-0.1, -0.05) is 27.2 Å². The van der Waals surface area contributed by atoms with Crippen LogP contribution in [0.4, 0.5) is 0 Å². The van der Waals surface area contributed by atoms with Crippen molar-refractivity contribution in [1.29, 1.82) is 0 Å². The minimum atomic E-state index is -0.232. The third kappa shape index (κ3) is 5.66. The molecule has 2 N–H and O–H groups in total. The summed E-state index contributed by atoms with van der Waals surface area (Å²) in [7, 11) is 0. The second kappa shape index (κ2) is 9.38. The van der Waals surface area contributed by atoms with Gasteiger partial charge in [0.25, 0.3) is 11.5 Å². The zero-order valence-electron chi connectivity index (χ0n) is 18.0. The van der Waals surface area contributed by atoms with Crippen molar-refractivity contribution in [3.63, 3.8) is 0 Å². The van der Waals surface area contributed by atoms with Crippen LogP contribution in [0.15, 0.2) is 40.1 Å². The molecule has 8 heteroatoms. The van der Waals surface area contributed by atoms with Crippen LogP contribution in [0.3, 0.4) is 0 Å². The van der Waals surface area contributed by atoms with Crippen molar-refractivity contribution >= 4 is 5.91 Å². The Hall–Kier alpha value is -2.74. The van der Waals surface area contributed by atoms with E-state index in [1.807, 2.05) is 0 Å². The molecule has 2 aromatic heterocycles. The molecule has 8 nitrogen and oxygen atoms in total. The lowest BCUT2D eigenvalue weighted by molar-refractivity contribution is 0.0908. The van der Waals surface area contributed by atoms with E-state index in [9.17, 15) is 14.4 Å². The van der Waals surface area contributed by atoms with E-state index in [0.29, 0.717) is 25.2 Å². The number of amides is 1. The number of aromatic nitrogens is 3. The monoisotopic (exact) mass is 413 g/mol. The third-order valence-corrected chi connectivity index (χ3v) is 5.53. The molecule has 2 aromatic rings. The van der Waals surface area contributed by atoms with Crippen molar-refractivity contribution in [1.82, 2.24) is 25.0 Å². The lowest BCUT2D eigenvalue weighted by Gasteiger charge is -2.35. The fraction of sp³-hybridized carbons (Fsp3) is 0.545. The zero-order valence-corrected chi connectivity index (χ0v) is 18.0. The van der Waals surface area contributed by atoms with Crippen LogP contribution in [-0.4, -0.2) is 51.2 Å². The smallest absolute Gasteiger partial charge is 0.266 e. The van der Waals surface area contributed by atoms with Crippen molar-refractivity contribution in [2.45, 2.75) is 58.0 Å². The Balaban J connectivity index is 1.61. The molecule has 1 fully saturated rings. The molecule has 1 atom stereocenters. The summed E-state index contributed by atoms with van der Waals surface area (Å²) >= 11 is 0. The summed E-state index contributed by atoms with van der Waals surface area (Å²) in [5.41, 5.74) is 0.888. The molecule has 0 spiro atoms. The highest BCUT2D eigenvalue weighted by Gasteiger charge is 2.23. The number of hydrogen-bond acceptors (Lipinski definition) is 5. The van der Waals surface area contributed by atoms with Gasteiger partial charge in [-0.05, 0) is 31.5 Å². The molecule has 1 unspecified atom stereocenters. The van der Waals surface area contributed by atoms with E-state index in [2.05, 4.69) is 41.1 Å². The van der Waals surface area contributed by atoms with Crippen LogP contribution in [0.5, 0.6) is 0 Å². The predicted molar refractivity (Wildman–Crippen MR) is 116 cm³/mol. The SMILES string of the molecule is CC(C)(C)c1ccc(=O)n(CCN2CCCCC2CNC(=O)c2ccc(=O)[nH]c2)n1. The first kappa shape index (κ1) is 22.0. The van der Waals surface area contributed by atoms with Crippen molar-refractivity contribution in [2.75, 3.05) is 19.6 Å². The number of aromatic amines is 1. The van der Waals surface area contributed by atoms with E-state index in [0.717, 1.165) is 31.5 Å². The lowest BCUT2D eigenvalue weighted by Crippen LogP contribution is -2.48. The van der Waals surface area contributed by atoms with E-state index >= 15 is 0 Å². The summed E-state index contributed by atoms with van der Waals surface area (Å²) in [5, 5.41) is 7.52. The Morgan fingerprint density at radius 1 is 1.17 bits per heavy atom. The predicted octanol–water partition coefficient (Wildman–Crippen LogP) is 1.51. The fourth-order valence-electron chi connectivity index (χ4n) is 3.68. The quantitative estimate of drug-likeness (QED) is 0.748. The summed E-state index contributed by atoms with van der Waals surface area (Å²) in [6.45, 7) is 8.93. The van der Waals surface area contributed by atoms with Crippen molar-refractivity contribution < 1.29 is 4.79 Å². The first-order valence-corrected chi connectivity index (χ1v) is 10.5. The molecule has 0 aromatic carbocycles. The Kier molecular flexibility index (Phi) is 6.87. The second-order valence-electron chi connectivity index (χ2n) is 8.87. The van der Waals surface area contributed by atoms with E-state index < -0.39 is 0 Å². The summed E-state index contributed by atoms with van der Waals surface area (Å²) in [6.07, 6.45) is 4.65. The number of likely N-dealkylation sites (tertiary alicyclic amines) is 1. The molecule has 0 radical (unpaired) electrons. The van der Waals surface area contributed by atoms with Gasteiger partial charge in [-0.15, -0.1) is 0 Å². The van der Waals surface area contributed by atoms with Gasteiger partial charge >= 0.3 is 0 Å². The van der Waals surface area contributed by atoms with Crippen molar-refractivity contribution in [2.24, 2.45) is 0 Å². The highest BCUT2D eigenvalue weighted by Crippen LogP contribution is 2.19. The molecule has 3 heterocycles. The number of H-pyrrole nitrogens is 1. The second-order valence-corrected chi connectivity index (χ2v) is 8.87. The van der Waals surface area contributed by atoms with Gasteiger partial charge in [0.2, 0.25) is 5.56 Å². The van der Waals surface area contributed by atoms with E-state index in [1.165, 1.54) is 18.3 Å². The van der Waals surface area contributed by atoms with Crippen LogP contribution in [0.25, 0.3) is 0 Å². The van der Waals surface area contributed by atoms with Gasteiger partial charge in [0.05, 0.1) is 17.8 Å². The van der Waals surface area contributed by atoms with Gasteiger partial charge < -0.3 is 10.3 Å². The zero-order chi connectivity index (χ0) is 21.7. The molecule has 0 bridgehead atoms. The van der Waals surface area contributed by atoms with Crippen LogP contribution in [0, 0.1) is 0 Å². The maximum atomic E-state index is 12.4. The average Bonchev–Trinajstić information content (AvgIpc) is 2.71.